The molecule has 0 fully saturated rings. The van der Waals surface area contributed by atoms with Gasteiger partial charge in [-0.15, -0.1) is 0 Å². The number of thioether (sulfide) groups is 1. The summed E-state index contributed by atoms with van der Waals surface area (Å²) in [6, 6.07) is 8.59. The molecule has 0 saturated carbocycles. The molecule has 0 radical (unpaired) electrons. The lowest BCUT2D eigenvalue weighted by Gasteiger charge is -2.04. The van der Waals surface area contributed by atoms with Crippen LogP contribution >= 0.6 is 24.0 Å². The highest BCUT2D eigenvalue weighted by Gasteiger charge is 2.04. The zero-order valence-corrected chi connectivity index (χ0v) is 9.69. The van der Waals surface area contributed by atoms with Crippen molar-refractivity contribution in [3.05, 3.63) is 41.2 Å². The van der Waals surface area contributed by atoms with Crippen molar-refractivity contribution in [1.29, 1.82) is 0 Å². The van der Waals surface area contributed by atoms with Gasteiger partial charge in [-0.2, -0.15) is 8.78 Å². The van der Waals surface area contributed by atoms with Crippen molar-refractivity contribution in [2.24, 2.45) is 0 Å². The van der Waals surface area contributed by atoms with E-state index in [1.165, 1.54) is 0 Å². The number of H-pyrrole nitrogens is 1. The Balaban J connectivity index is 2.22. The summed E-state index contributed by atoms with van der Waals surface area (Å²) in [4.78, 5) is 0.546. The molecule has 0 spiro atoms. The molecule has 0 atom stereocenters. The highest BCUT2D eigenvalue weighted by molar-refractivity contribution is 7.99. The summed E-state index contributed by atoms with van der Waals surface area (Å²) < 4.78 is 26.5. The van der Waals surface area contributed by atoms with Gasteiger partial charge in [-0.1, -0.05) is 24.0 Å². The minimum Gasteiger partial charge on any atom is -0.284 e. The summed E-state index contributed by atoms with van der Waals surface area (Å²) in [6.07, 6.45) is 1.79. The molecule has 0 aliphatic heterocycles. The molecule has 0 aliphatic carbocycles. The van der Waals surface area contributed by atoms with Crippen molar-refractivity contribution in [3.8, 4) is 5.69 Å². The molecule has 16 heavy (non-hydrogen) atoms. The van der Waals surface area contributed by atoms with Crippen molar-refractivity contribution in [1.82, 2.24) is 9.78 Å². The minimum atomic E-state index is -2.39. The van der Waals surface area contributed by atoms with Crippen molar-refractivity contribution in [2.75, 3.05) is 0 Å². The first kappa shape index (κ1) is 11.3. The molecule has 0 aliphatic rings. The topological polar surface area (TPSA) is 20.7 Å². The lowest BCUT2D eigenvalue weighted by molar-refractivity contribution is 0.252. The lowest BCUT2D eigenvalue weighted by Crippen LogP contribution is -1.93. The SMILES string of the molecule is FC(F)Sc1ccc(-n2ccc(=S)[nH]2)cc1. The number of aromatic nitrogens is 2. The Morgan fingerprint density at radius 2 is 1.88 bits per heavy atom. The highest BCUT2D eigenvalue weighted by Crippen LogP contribution is 2.25. The molecular formula is C10H8F2N2S2. The van der Waals surface area contributed by atoms with E-state index in [-0.39, 0.29) is 0 Å². The quantitative estimate of drug-likeness (QED) is 0.666. The largest absolute Gasteiger partial charge is 0.288 e. The summed E-state index contributed by atoms with van der Waals surface area (Å²) in [5, 5.41) is 2.93. The molecule has 0 amide bonds. The first-order valence-electron chi connectivity index (χ1n) is 4.48. The van der Waals surface area contributed by atoms with Crippen LogP contribution in [0.5, 0.6) is 0 Å². The van der Waals surface area contributed by atoms with Gasteiger partial charge in [0.1, 0.15) is 4.64 Å². The maximum atomic E-state index is 12.1. The van der Waals surface area contributed by atoms with Gasteiger partial charge in [0, 0.05) is 11.1 Å². The maximum Gasteiger partial charge on any atom is 0.288 e. The summed E-state index contributed by atoms with van der Waals surface area (Å²) >= 11 is 5.47. The van der Waals surface area contributed by atoms with Crippen LogP contribution in [-0.2, 0) is 0 Å². The number of rotatable bonds is 3. The van der Waals surface area contributed by atoms with Crippen LogP contribution in [-0.4, -0.2) is 15.5 Å². The van der Waals surface area contributed by atoms with E-state index in [4.69, 9.17) is 12.2 Å². The molecule has 2 nitrogen and oxygen atoms in total. The second-order valence-electron chi connectivity index (χ2n) is 3.03. The fourth-order valence-electron chi connectivity index (χ4n) is 1.27. The van der Waals surface area contributed by atoms with Gasteiger partial charge in [-0.25, -0.2) is 0 Å². The van der Waals surface area contributed by atoms with E-state index in [0.29, 0.717) is 21.3 Å². The van der Waals surface area contributed by atoms with Crippen molar-refractivity contribution in [3.63, 3.8) is 0 Å². The van der Waals surface area contributed by atoms with Crippen LogP contribution in [0.25, 0.3) is 5.69 Å². The van der Waals surface area contributed by atoms with Crippen LogP contribution in [0.1, 0.15) is 0 Å². The average Bonchev–Trinajstić information content (AvgIpc) is 2.65. The number of hydrogen-bond donors (Lipinski definition) is 1. The first-order valence-corrected chi connectivity index (χ1v) is 5.77. The second-order valence-corrected chi connectivity index (χ2v) is 4.54. The van der Waals surface area contributed by atoms with Gasteiger partial charge in [0.2, 0.25) is 0 Å². The van der Waals surface area contributed by atoms with Crippen LogP contribution in [0, 0.1) is 4.64 Å². The van der Waals surface area contributed by atoms with E-state index in [0.717, 1.165) is 5.69 Å². The summed E-state index contributed by atoms with van der Waals surface area (Å²) in [5.74, 6) is -2.39. The van der Waals surface area contributed by atoms with Crippen LogP contribution in [0.3, 0.4) is 0 Å². The number of alkyl halides is 2. The second kappa shape index (κ2) is 4.80. The van der Waals surface area contributed by atoms with Gasteiger partial charge < -0.3 is 0 Å². The first-order chi connectivity index (χ1) is 7.65. The van der Waals surface area contributed by atoms with Gasteiger partial charge in [0.05, 0.1) is 5.69 Å². The van der Waals surface area contributed by atoms with Crippen LogP contribution in [0.2, 0.25) is 0 Å². The number of nitrogens with one attached hydrogen (secondary N) is 1. The Bertz CT molecular complexity index is 516. The molecule has 1 aromatic carbocycles. The Hall–Kier alpha value is -1.14. The smallest absolute Gasteiger partial charge is 0.284 e. The van der Waals surface area contributed by atoms with E-state index in [2.05, 4.69) is 5.10 Å². The van der Waals surface area contributed by atoms with Gasteiger partial charge in [0.25, 0.3) is 5.76 Å². The van der Waals surface area contributed by atoms with Crippen LogP contribution in [0.15, 0.2) is 41.4 Å². The van der Waals surface area contributed by atoms with E-state index in [1.807, 2.05) is 0 Å². The maximum absolute atomic E-state index is 12.1. The summed E-state index contributed by atoms with van der Waals surface area (Å²) in [6.45, 7) is 0. The predicted octanol–water partition coefficient (Wildman–Crippen LogP) is 3.85. The molecule has 1 heterocycles. The zero-order valence-electron chi connectivity index (χ0n) is 8.06. The Labute approximate surface area is 100 Å². The fourth-order valence-corrected chi connectivity index (χ4v) is 1.93. The lowest BCUT2D eigenvalue weighted by atomic mass is 10.3. The molecule has 2 aromatic rings. The Morgan fingerprint density at radius 1 is 1.19 bits per heavy atom. The molecule has 0 bridgehead atoms. The van der Waals surface area contributed by atoms with E-state index in [1.54, 1.807) is 41.2 Å². The van der Waals surface area contributed by atoms with E-state index < -0.39 is 5.76 Å². The number of hydrogen-bond acceptors (Lipinski definition) is 2. The van der Waals surface area contributed by atoms with Gasteiger partial charge in [0.15, 0.2) is 0 Å². The van der Waals surface area contributed by atoms with E-state index in [9.17, 15) is 8.78 Å². The molecule has 0 saturated heterocycles. The van der Waals surface area contributed by atoms with Gasteiger partial charge >= 0.3 is 0 Å². The van der Waals surface area contributed by atoms with Crippen LogP contribution in [0.4, 0.5) is 8.78 Å². The number of benzene rings is 1. The normalized spacial score (nSPS) is 10.9. The number of nitrogens with zero attached hydrogens (tertiary/aromatic N) is 1. The predicted molar refractivity (Wildman–Crippen MR) is 62.8 cm³/mol. The average molecular weight is 258 g/mol. The molecule has 2 rings (SSSR count). The Morgan fingerprint density at radius 3 is 2.38 bits per heavy atom. The number of halogens is 2. The van der Waals surface area contributed by atoms with Crippen molar-refractivity contribution in [2.45, 2.75) is 10.7 Å². The van der Waals surface area contributed by atoms with Crippen molar-refractivity contribution >= 4 is 24.0 Å². The number of aromatic amines is 1. The monoisotopic (exact) mass is 258 g/mol. The third-order valence-electron chi connectivity index (χ3n) is 1.95. The molecule has 1 aromatic heterocycles. The minimum absolute atomic E-state index is 0.534. The molecule has 6 heteroatoms. The third kappa shape index (κ3) is 2.70. The van der Waals surface area contributed by atoms with E-state index >= 15 is 0 Å². The molecule has 1 N–H and O–H groups in total. The molecule has 84 valence electrons. The summed E-state index contributed by atoms with van der Waals surface area (Å²) in [7, 11) is 0. The van der Waals surface area contributed by atoms with Crippen molar-refractivity contribution < 1.29 is 8.78 Å². The van der Waals surface area contributed by atoms with Gasteiger partial charge in [-0.3, -0.25) is 9.78 Å². The molecular weight excluding hydrogens is 250 g/mol. The molecule has 0 unspecified atom stereocenters. The van der Waals surface area contributed by atoms with Gasteiger partial charge in [-0.05, 0) is 30.3 Å². The van der Waals surface area contributed by atoms with Crippen LogP contribution < -0.4 is 0 Å². The zero-order chi connectivity index (χ0) is 11.5. The Kier molecular flexibility index (Phi) is 3.40. The highest BCUT2D eigenvalue weighted by atomic mass is 32.2. The fraction of sp³-hybridized carbons (Fsp3) is 0.100. The standard InChI is InChI=1S/C10H8F2N2S2/c11-10(12)16-8-3-1-7(2-4-8)14-6-5-9(15)13-14/h1-6,10H,(H,13,15). The third-order valence-corrected chi connectivity index (χ3v) is 2.90. The summed E-state index contributed by atoms with van der Waals surface area (Å²) in [5.41, 5.74) is 0.856.